The van der Waals surface area contributed by atoms with Gasteiger partial charge in [0.25, 0.3) is 0 Å². The van der Waals surface area contributed by atoms with Crippen LogP contribution in [0.5, 0.6) is 0 Å². The molecule has 0 aliphatic carbocycles. The van der Waals surface area contributed by atoms with Crippen LogP contribution in [0.3, 0.4) is 0 Å². The number of nitrogens with zero attached hydrogens (tertiary/aromatic N) is 1. The molecule has 0 bridgehead atoms. The van der Waals surface area contributed by atoms with E-state index < -0.39 is 0 Å². The standard InChI is InChI=1S/C12H16N2/c1-14-8-12(9-14)6-7-13-11-5-3-2-4-10(11)12/h2-5,13H,6-9H2,1H3. The number of benzene rings is 1. The molecular formula is C12H16N2. The van der Waals surface area contributed by atoms with Gasteiger partial charge in [0, 0.05) is 30.7 Å². The topological polar surface area (TPSA) is 15.3 Å². The molecule has 2 aliphatic heterocycles. The first-order chi connectivity index (χ1) is 6.80. The zero-order valence-electron chi connectivity index (χ0n) is 8.59. The summed E-state index contributed by atoms with van der Waals surface area (Å²) in [6.45, 7) is 3.59. The lowest BCUT2D eigenvalue weighted by Crippen LogP contribution is -2.59. The third-order valence-corrected chi connectivity index (χ3v) is 3.56. The fourth-order valence-corrected chi connectivity index (χ4v) is 2.99. The van der Waals surface area contributed by atoms with Gasteiger partial charge in [-0.05, 0) is 25.1 Å². The van der Waals surface area contributed by atoms with Crippen molar-refractivity contribution in [2.75, 3.05) is 32.0 Å². The van der Waals surface area contributed by atoms with E-state index >= 15 is 0 Å². The van der Waals surface area contributed by atoms with Crippen molar-refractivity contribution < 1.29 is 0 Å². The molecule has 0 unspecified atom stereocenters. The number of rotatable bonds is 0. The number of likely N-dealkylation sites (N-methyl/N-ethyl adjacent to an activating group) is 1. The highest BCUT2D eigenvalue weighted by Crippen LogP contribution is 2.42. The van der Waals surface area contributed by atoms with Crippen molar-refractivity contribution in [3.8, 4) is 0 Å². The predicted molar refractivity (Wildman–Crippen MR) is 58.7 cm³/mol. The predicted octanol–water partition coefficient (Wildman–Crippen LogP) is 1.69. The number of fused-ring (bicyclic) bond motifs is 2. The second-order valence-electron chi connectivity index (χ2n) is 4.67. The maximum atomic E-state index is 3.48. The second-order valence-corrected chi connectivity index (χ2v) is 4.67. The van der Waals surface area contributed by atoms with Gasteiger partial charge in [-0.2, -0.15) is 0 Å². The van der Waals surface area contributed by atoms with Gasteiger partial charge >= 0.3 is 0 Å². The number of likely N-dealkylation sites (tertiary alicyclic amines) is 1. The Kier molecular flexibility index (Phi) is 1.62. The molecule has 0 aromatic heterocycles. The zero-order valence-corrected chi connectivity index (χ0v) is 8.59. The third kappa shape index (κ3) is 1.01. The van der Waals surface area contributed by atoms with Crippen LogP contribution in [0, 0.1) is 0 Å². The van der Waals surface area contributed by atoms with Crippen molar-refractivity contribution in [3.63, 3.8) is 0 Å². The van der Waals surface area contributed by atoms with Crippen LogP contribution < -0.4 is 5.32 Å². The van der Waals surface area contributed by atoms with Crippen molar-refractivity contribution in [1.29, 1.82) is 0 Å². The highest BCUT2D eigenvalue weighted by molar-refractivity contribution is 5.58. The first-order valence-electron chi connectivity index (χ1n) is 5.32. The fraction of sp³-hybridized carbons (Fsp3) is 0.500. The molecule has 1 N–H and O–H groups in total. The normalized spacial score (nSPS) is 23.8. The zero-order chi connectivity index (χ0) is 9.60. The average Bonchev–Trinajstić information content (AvgIpc) is 2.16. The van der Waals surface area contributed by atoms with Gasteiger partial charge in [0.2, 0.25) is 0 Å². The SMILES string of the molecule is CN1CC2(CCNc3ccccc32)C1. The lowest BCUT2D eigenvalue weighted by Gasteiger charge is -2.52. The summed E-state index contributed by atoms with van der Waals surface area (Å²) in [5.41, 5.74) is 3.35. The Bertz CT molecular complexity index is 353. The molecule has 1 saturated heterocycles. The van der Waals surface area contributed by atoms with Gasteiger partial charge in [0.15, 0.2) is 0 Å². The van der Waals surface area contributed by atoms with E-state index in [-0.39, 0.29) is 0 Å². The Balaban J connectivity index is 2.04. The molecule has 1 aromatic rings. The molecule has 2 heterocycles. The monoisotopic (exact) mass is 188 g/mol. The van der Waals surface area contributed by atoms with Gasteiger partial charge in [-0.1, -0.05) is 18.2 Å². The average molecular weight is 188 g/mol. The Morgan fingerprint density at radius 2 is 2.07 bits per heavy atom. The van der Waals surface area contributed by atoms with Gasteiger partial charge in [-0.3, -0.25) is 0 Å². The summed E-state index contributed by atoms with van der Waals surface area (Å²) in [6.07, 6.45) is 1.29. The first kappa shape index (κ1) is 8.30. The van der Waals surface area contributed by atoms with Crippen LogP contribution in [-0.2, 0) is 5.41 Å². The molecule has 74 valence electrons. The van der Waals surface area contributed by atoms with E-state index in [0.717, 1.165) is 6.54 Å². The second kappa shape index (κ2) is 2.74. The van der Waals surface area contributed by atoms with E-state index in [4.69, 9.17) is 0 Å². The number of nitrogens with one attached hydrogen (secondary N) is 1. The minimum absolute atomic E-state index is 0.469. The van der Waals surface area contributed by atoms with Crippen LogP contribution in [0.15, 0.2) is 24.3 Å². The van der Waals surface area contributed by atoms with E-state index in [0.29, 0.717) is 5.41 Å². The van der Waals surface area contributed by atoms with Gasteiger partial charge in [0.1, 0.15) is 0 Å². The van der Waals surface area contributed by atoms with Gasteiger partial charge in [-0.15, -0.1) is 0 Å². The quantitative estimate of drug-likeness (QED) is 0.666. The molecule has 1 spiro atoms. The number of hydrogen-bond donors (Lipinski definition) is 1. The van der Waals surface area contributed by atoms with E-state index in [1.807, 2.05) is 0 Å². The highest BCUT2D eigenvalue weighted by atomic mass is 15.2. The first-order valence-corrected chi connectivity index (χ1v) is 5.32. The summed E-state index contributed by atoms with van der Waals surface area (Å²) in [6, 6.07) is 8.77. The highest BCUT2D eigenvalue weighted by Gasteiger charge is 2.44. The summed E-state index contributed by atoms with van der Waals surface area (Å²) < 4.78 is 0. The molecule has 0 saturated carbocycles. The molecule has 0 atom stereocenters. The maximum Gasteiger partial charge on any atom is 0.0379 e. The van der Waals surface area contributed by atoms with Gasteiger partial charge in [0.05, 0.1) is 0 Å². The van der Waals surface area contributed by atoms with E-state index in [2.05, 4.69) is 41.5 Å². The lowest BCUT2D eigenvalue weighted by molar-refractivity contribution is 0.0862. The van der Waals surface area contributed by atoms with Gasteiger partial charge < -0.3 is 10.2 Å². The lowest BCUT2D eigenvalue weighted by atomic mass is 9.69. The molecule has 14 heavy (non-hydrogen) atoms. The van der Waals surface area contributed by atoms with Crippen molar-refractivity contribution in [2.45, 2.75) is 11.8 Å². The molecular weight excluding hydrogens is 172 g/mol. The third-order valence-electron chi connectivity index (χ3n) is 3.56. The molecule has 3 rings (SSSR count). The van der Waals surface area contributed by atoms with Crippen LogP contribution in [0.25, 0.3) is 0 Å². The maximum absolute atomic E-state index is 3.48. The minimum Gasteiger partial charge on any atom is -0.385 e. The number of para-hydroxylation sites is 1. The van der Waals surface area contributed by atoms with Crippen LogP contribution in [-0.4, -0.2) is 31.6 Å². The molecule has 1 aromatic carbocycles. The van der Waals surface area contributed by atoms with Crippen LogP contribution in [0.4, 0.5) is 5.69 Å². The Morgan fingerprint density at radius 1 is 1.29 bits per heavy atom. The van der Waals surface area contributed by atoms with Crippen molar-refractivity contribution in [1.82, 2.24) is 4.90 Å². The Hall–Kier alpha value is -1.02. The summed E-state index contributed by atoms with van der Waals surface area (Å²) in [7, 11) is 2.20. The van der Waals surface area contributed by atoms with E-state index in [1.165, 1.54) is 30.8 Å². The largest absolute Gasteiger partial charge is 0.385 e. The molecule has 2 nitrogen and oxygen atoms in total. The molecule has 0 radical (unpaired) electrons. The summed E-state index contributed by atoms with van der Waals surface area (Å²) in [5.74, 6) is 0. The van der Waals surface area contributed by atoms with Crippen molar-refractivity contribution >= 4 is 5.69 Å². The van der Waals surface area contributed by atoms with E-state index in [1.54, 1.807) is 0 Å². The summed E-state index contributed by atoms with van der Waals surface area (Å²) >= 11 is 0. The molecule has 1 fully saturated rings. The number of hydrogen-bond acceptors (Lipinski definition) is 2. The van der Waals surface area contributed by atoms with E-state index in [9.17, 15) is 0 Å². The molecule has 2 heteroatoms. The van der Waals surface area contributed by atoms with Crippen molar-refractivity contribution in [2.24, 2.45) is 0 Å². The Morgan fingerprint density at radius 3 is 2.86 bits per heavy atom. The van der Waals surface area contributed by atoms with Crippen molar-refractivity contribution in [3.05, 3.63) is 29.8 Å². The van der Waals surface area contributed by atoms with Crippen LogP contribution >= 0.6 is 0 Å². The number of anilines is 1. The fourth-order valence-electron chi connectivity index (χ4n) is 2.99. The Labute approximate surface area is 84.9 Å². The molecule has 0 amide bonds. The van der Waals surface area contributed by atoms with Crippen LogP contribution in [0.2, 0.25) is 0 Å². The van der Waals surface area contributed by atoms with Gasteiger partial charge in [-0.25, -0.2) is 0 Å². The summed E-state index contributed by atoms with van der Waals surface area (Å²) in [5, 5.41) is 3.48. The summed E-state index contributed by atoms with van der Waals surface area (Å²) in [4.78, 5) is 2.40. The molecule has 2 aliphatic rings. The van der Waals surface area contributed by atoms with Crippen LogP contribution in [0.1, 0.15) is 12.0 Å². The smallest absolute Gasteiger partial charge is 0.0379 e. The minimum atomic E-state index is 0.469.